The lowest BCUT2D eigenvalue weighted by molar-refractivity contribution is -0.126. The van der Waals surface area contributed by atoms with Crippen LogP contribution < -0.4 is 36.3 Å². The fourth-order valence-corrected chi connectivity index (χ4v) is 3.77. The Morgan fingerprint density at radius 3 is 2.77 bits per heavy atom. The molecule has 0 spiro atoms. The number of anilines is 1. The molecule has 2 aliphatic rings. The molecule has 0 saturated heterocycles. The van der Waals surface area contributed by atoms with Crippen LogP contribution in [0.15, 0.2) is 30.3 Å². The zero-order chi connectivity index (χ0) is 22.0. The maximum Gasteiger partial charge on any atom is 0.319 e. The van der Waals surface area contributed by atoms with Crippen molar-refractivity contribution in [2.75, 3.05) is 19.0 Å². The van der Waals surface area contributed by atoms with Crippen LogP contribution in [0.2, 0.25) is 0 Å². The summed E-state index contributed by atoms with van der Waals surface area (Å²) in [6, 6.07) is 8.57. The van der Waals surface area contributed by atoms with Gasteiger partial charge < -0.3 is 36.3 Å². The Hall–Kier alpha value is -3.53. The molecule has 10 heteroatoms. The highest BCUT2D eigenvalue weighted by Gasteiger charge is 2.28. The number of benzene rings is 1. The van der Waals surface area contributed by atoms with E-state index in [9.17, 15) is 9.59 Å². The lowest BCUT2D eigenvalue weighted by Gasteiger charge is -2.26. The number of ether oxygens (including phenoxy) is 3. The first-order valence-corrected chi connectivity index (χ1v) is 10.0. The maximum absolute atomic E-state index is 12.4. The van der Waals surface area contributed by atoms with Gasteiger partial charge in [0.2, 0.25) is 12.0 Å². The summed E-state index contributed by atoms with van der Waals surface area (Å²) in [5.74, 6) is 0.492. The predicted octanol–water partition coefficient (Wildman–Crippen LogP) is 1.38. The average molecular weight is 427 g/mol. The van der Waals surface area contributed by atoms with E-state index in [1.165, 1.54) is 7.11 Å². The summed E-state index contributed by atoms with van der Waals surface area (Å²) in [5.41, 5.74) is 12.8. The van der Waals surface area contributed by atoms with Crippen molar-refractivity contribution in [1.82, 2.24) is 10.3 Å². The number of amides is 3. The van der Waals surface area contributed by atoms with Gasteiger partial charge in [-0.1, -0.05) is 6.07 Å². The van der Waals surface area contributed by atoms with E-state index in [4.69, 9.17) is 25.7 Å². The van der Waals surface area contributed by atoms with E-state index in [0.29, 0.717) is 28.4 Å². The molecule has 1 aromatic heterocycles. The second kappa shape index (κ2) is 8.68. The first-order chi connectivity index (χ1) is 14.9. The zero-order valence-corrected chi connectivity index (χ0v) is 17.1. The highest BCUT2D eigenvalue weighted by molar-refractivity contribution is 5.91. The van der Waals surface area contributed by atoms with Crippen molar-refractivity contribution >= 4 is 17.6 Å². The van der Waals surface area contributed by atoms with Crippen LogP contribution in [0.4, 0.5) is 10.5 Å². The summed E-state index contributed by atoms with van der Waals surface area (Å²) in [4.78, 5) is 28.4. The first-order valence-electron chi connectivity index (χ1n) is 10.0. The third kappa shape index (κ3) is 4.48. The SMILES string of the molecule is COc1nc(-c2cccc3c2OC(C(N)=O)CO3)ccc1NC(=O)N[C@H]1CC[C@@H](N)C1. The van der Waals surface area contributed by atoms with E-state index in [1.807, 2.05) is 0 Å². The van der Waals surface area contributed by atoms with Crippen LogP contribution in [0.3, 0.4) is 0 Å². The maximum atomic E-state index is 12.4. The molecule has 1 aromatic carbocycles. The van der Waals surface area contributed by atoms with E-state index < -0.39 is 12.0 Å². The molecule has 10 nitrogen and oxygen atoms in total. The summed E-state index contributed by atoms with van der Waals surface area (Å²) >= 11 is 0. The molecule has 3 atom stereocenters. The van der Waals surface area contributed by atoms with Crippen LogP contribution in [0, 0.1) is 0 Å². The van der Waals surface area contributed by atoms with Crippen molar-refractivity contribution in [2.24, 2.45) is 11.5 Å². The molecule has 4 rings (SSSR count). The number of carbonyl (C=O) groups is 2. The fraction of sp³-hybridized carbons (Fsp3) is 0.381. The van der Waals surface area contributed by atoms with Crippen molar-refractivity contribution in [3.63, 3.8) is 0 Å². The molecule has 31 heavy (non-hydrogen) atoms. The highest BCUT2D eigenvalue weighted by Crippen LogP contribution is 2.41. The van der Waals surface area contributed by atoms with Crippen LogP contribution in [-0.4, -0.2) is 48.8 Å². The Morgan fingerprint density at radius 2 is 2.06 bits per heavy atom. The first kappa shape index (κ1) is 20.7. The minimum Gasteiger partial charge on any atom is -0.485 e. The molecule has 0 radical (unpaired) electrons. The molecule has 2 heterocycles. The molecule has 0 bridgehead atoms. The minimum absolute atomic E-state index is 0.0480. The highest BCUT2D eigenvalue weighted by atomic mass is 16.6. The summed E-state index contributed by atoms with van der Waals surface area (Å²) in [7, 11) is 1.47. The molecule has 1 saturated carbocycles. The van der Waals surface area contributed by atoms with Crippen LogP contribution in [0.25, 0.3) is 11.3 Å². The molecule has 1 aliphatic carbocycles. The van der Waals surface area contributed by atoms with Crippen molar-refractivity contribution in [1.29, 1.82) is 0 Å². The van der Waals surface area contributed by atoms with Gasteiger partial charge in [0.1, 0.15) is 12.3 Å². The third-order valence-corrected chi connectivity index (χ3v) is 5.33. The van der Waals surface area contributed by atoms with Crippen molar-refractivity contribution in [3.05, 3.63) is 30.3 Å². The molecule has 3 amide bonds. The standard InChI is InChI=1S/C21H25N5O5/c1-29-20-15(26-21(28)24-12-6-5-11(22)9-12)8-7-14(25-20)13-3-2-4-16-18(13)31-17(10-30-16)19(23)27/h2-4,7-8,11-12,17H,5-6,9-10,22H2,1H3,(H2,23,27)(H2,24,26,28)/t11-,12+,17?/m1/s1. The number of rotatable bonds is 5. The number of nitrogens with zero attached hydrogens (tertiary/aromatic N) is 1. The van der Waals surface area contributed by atoms with Gasteiger partial charge in [0.15, 0.2) is 11.5 Å². The zero-order valence-electron chi connectivity index (χ0n) is 17.1. The second-order valence-corrected chi connectivity index (χ2v) is 7.57. The summed E-state index contributed by atoms with van der Waals surface area (Å²) in [6.07, 6.45) is 1.63. The summed E-state index contributed by atoms with van der Waals surface area (Å²) in [5, 5.41) is 5.69. The minimum atomic E-state index is -0.885. The van der Waals surface area contributed by atoms with E-state index in [2.05, 4.69) is 15.6 Å². The van der Waals surface area contributed by atoms with Crippen molar-refractivity contribution in [2.45, 2.75) is 37.5 Å². The van der Waals surface area contributed by atoms with Gasteiger partial charge in [-0.2, -0.15) is 0 Å². The van der Waals surface area contributed by atoms with Crippen molar-refractivity contribution in [3.8, 4) is 28.6 Å². The van der Waals surface area contributed by atoms with E-state index >= 15 is 0 Å². The van der Waals surface area contributed by atoms with Gasteiger partial charge in [-0.15, -0.1) is 0 Å². The topological polar surface area (TPSA) is 151 Å². The number of para-hydroxylation sites is 1. The van der Waals surface area contributed by atoms with Gasteiger partial charge in [0.25, 0.3) is 5.91 Å². The lowest BCUT2D eigenvalue weighted by atomic mass is 10.1. The van der Waals surface area contributed by atoms with Crippen LogP contribution in [0.5, 0.6) is 17.4 Å². The number of fused-ring (bicyclic) bond motifs is 1. The summed E-state index contributed by atoms with van der Waals surface area (Å²) in [6.45, 7) is 0.0480. The smallest absolute Gasteiger partial charge is 0.319 e. The molecule has 164 valence electrons. The Morgan fingerprint density at radius 1 is 1.23 bits per heavy atom. The van der Waals surface area contributed by atoms with Gasteiger partial charge in [-0.25, -0.2) is 9.78 Å². The number of aromatic nitrogens is 1. The van der Waals surface area contributed by atoms with Gasteiger partial charge in [0.05, 0.1) is 12.8 Å². The monoisotopic (exact) mass is 427 g/mol. The number of nitrogens with one attached hydrogen (secondary N) is 2. The second-order valence-electron chi connectivity index (χ2n) is 7.57. The van der Waals surface area contributed by atoms with Gasteiger partial charge in [-0.05, 0) is 43.5 Å². The Labute approximate surface area is 179 Å². The van der Waals surface area contributed by atoms with Crippen LogP contribution >= 0.6 is 0 Å². The van der Waals surface area contributed by atoms with Crippen molar-refractivity contribution < 1.29 is 23.8 Å². The van der Waals surface area contributed by atoms with Gasteiger partial charge >= 0.3 is 6.03 Å². The fourth-order valence-electron chi connectivity index (χ4n) is 3.77. The number of urea groups is 1. The quantitative estimate of drug-likeness (QED) is 0.563. The molecular formula is C21H25N5O5. The Balaban J connectivity index is 1.55. The molecule has 6 N–H and O–H groups in total. The van der Waals surface area contributed by atoms with Crippen LogP contribution in [0.1, 0.15) is 19.3 Å². The normalized spacial score (nSPS) is 21.9. The van der Waals surface area contributed by atoms with E-state index in [1.54, 1.807) is 30.3 Å². The number of carbonyl (C=O) groups excluding carboxylic acids is 2. The Kier molecular flexibility index (Phi) is 5.81. The van der Waals surface area contributed by atoms with E-state index in [-0.39, 0.29) is 30.6 Å². The number of hydrogen-bond donors (Lipinski definition) is 4. The third-order valence-electron chi connectivity index (χ3n) is 5.33. The lowest BCUT2D eigenvalue weighted by Crippen LogP contribution is -2.41. The number of nitrogens with two attached hydrogens (primary N) is 2. The molecule has 1 fully saturated rings. The van der Waals surface area contributed by atoms with E-state index in [0.717, 1.165) is 19.3 Å². The average Bonchev–Trinajstić information content (AvgIpc) is 3.17. The predicted molar refractivity (Wildman–Crippen MR) is 113 cm³/mol. The number of pyridine rings is 1. The number of methoxy groups -OCH3 is 1. The number of primary amides is 1. The molecule has 1 aliphatic heterocycles. The number of hydrogen-bond acceptors (Lipinski definition) is 7. The molecule has 1 unspecified atom stereocenters. The largest absolute Gasteiger partial charge is 0.485 e. The Bertz CT molecular complexity index is 998. The molecular weight excluding hydrogens is 402 g/mol. The van der Waals surface area contributed by atoms with Gasteiger partial charge in [0, 0.05) is 17.6 Å². The summed E-state index contributed by atoms with van der Waals surface area (Å²) < 4.78 is 16.7. The van der Waals surface area contributed by atoms with Gasteiger partial charge in [-0.3, -0.25) is 4.79 Å². The van der Waals surface area contributed by atoms with Crippen LogP contribution in [-0.2, 0) is 4.79 Å². The molecule has 2 aromatic rings.